The molecule has 1 aliphatic rings. The third-order valence-electron chi connectivity index (χ3n) is 4.15. The molecule has 1 unspecified atom stereocenters. The first kappa shape index (κ1) is 14.9. The van der Waals surface area contributed by atoms with E-state index in [0.717, 1.165) is 11.3 Å². The quantitative estimate of drug-likeness (QED) is 0.913. The van der Waals surface area contributed by atoms with Crippen LogP contribution in [0.2, 0.25) is 0 Å². The van der Waals surface area contributed by atoms with Crippen molar-refractivity contribution in [1.29, 1.82) is 0 Å². The Labute approximate surface area is 122 Å². The lowest BCUT2D eigenvalue weighted by atomic mass is 9.92. The van der Waals surface area contributed by atoms with Crippen molar-refractivity contribution in [3.8, 4) is 0 Å². The zero-order chi connectivity index (χ0) is 14.8. The van der Waals surface area contributed by atoms with Crippen LogP contribution in [0.4, 0.5) is 5.69 Å². The summed E-state index contributed by atoms with van der Waals surface area (Å²) in [5.41, 5.74) is 2.70. The van der Waals surface area contributed by atoms with Crippen molar-refractivity contribution < 1.29 is 4.79 Å². The number of benzene rings is 1. The van der Waals surface area contributed by atoms with Crippen molar-refractivity contribution in [2.75, 3.05) is 19.4 Å². The maximum Gasteiger partial charge on any atom is 0.226 e. The van der Waals surface area contributed by atoms with Crippen LogP contribution in [0.15, 0.2) is 24.3 Å². The first-order chi connectivity index (χ1) is 9.35. The molecule has 0 saturated heterocycles. The van der Waals surface area contributed by atoms with Gasteiger partial charge in [0.25, 0.3) is 0 Å². The van der Waals surface area contributed by atoms with Gasteiger partial charge in [-0.1, -0.05) is 26.0 Å². The second kappa shape index (κ2) is 5.86. The summed E-state index contributed by atoms with van der Waals surface area (Å²) in [4.78, 5) is 13.3. The van der Waals surface area contributed by atoms with E-state index in [1.807, 2.05) is 12.1 Å². The molecule has 110 valence electrons. The second-order valence-electron chi connectivity index (χ2n) is 6.91. The van der Waals surface area contributed by atoms with Crippen LogP contribution in [0.1, 0.15) is 38.7 Å². The van der Waals surface area contributed by atoms with Gasteiger partial charge >= 0.3 is 0 Å². The minimum absolute atomic E-state index is 0.142. The lowest BCUT2D eigenvalue weighted by Crippen LogP contribution is -2.23. The first-order valence-electron chi connectivity index (χ1n) is 7.41. The fourth-order valence-electron chi connectivity index (χ4n) is 2.85. The number of rotatable bonds is 4. The largest absolute Gasteiger partial charge is 0.382 e. The van der Waals surface area contributed by atoms with E-state index in [2.05, 4.69) is 31.3 Å². The van der Waals surface area contributed by atoms with Crippen LogP contribution in [0.5, 0.6) is 0 Å². The highest BCUT2D eigenvalue weighted by atomic mass is 16.2. The van der Waals surface area contributed by atoms with Gasteiger partial charge in [-0.3, -0.25) is 4.79 Å². The number of anilines is 1. The Morgan fingerprint density at radius 2 is 1.95 bits per heavy atom. The molecule has 20 heavy (non-hydrogen) atoms. The monoisotopic (exact) mass is 274 g/mol. The molecule has 1 aromatic carbocycles. The summed E-state index contributed by atoms with van der Waals surface area (Å²) in [5.74, 6) is 0.142. The van der Waals surface area contributed by atoms with Gasteiger partial charge in [0.1, 0.15) is 0 Å². The van der Waals surface area contributed by atoms with Crippen molar-refractivity contribution in [3.05, 3.63) is 29.8 Å². The van der Waals surface area contributed by atoms with E-state index in [1.165, 1.54) is 19.3 Å². The molecule has 1 aliphatic carbocycles. The third-order valence-corrected chi connectivity index (χ3v) is 4.15. The molecule has 0 bridgehead atoms. The minimum atomic E-state index is 0.142. The Kier molecular flexibility index (Phi) is 4.36. The second-order valence-corrected chi connectivity index (χ2v) is 6.91. The van der Waals surface area contributed by atoms with E-state index in [1.54, 1.807) is 19.0 Å². The van der Waals surface area contributed by atoms with Crippen molar-refractivity contribution in [2.24, 2.45) is 5.41 Å². The van der Waals surface area contributed by atoms with Crippen LogP contribution in [-0.2, 0) is 11.2 Å². The van der Waals surface area contributed by atoms with Gasteiger partial charge in [-0.2, -0.15) is 0 Å². The number of hydrogen-bond donors (Lipinski definition) is 1. The molecule has 0 aromatic heterocycles. The summed E-state index contributed by atoms with van der Waals surface area (Å²) < 4.78 is 0. The highest BCUT2D eigenvalue weighted by Crippen LogP contribution is 2.38. The summed E-state index contributed by atoms with van der Waals surface area (Å²) >= 11 is 0. The average molecular weight is 274 g/mol. The smallest absolute Gasteiger partial charge is 0.226 e. The highest BCUT2D eigenvalue weighted by Gasteiger charge is 2.30. The molecular formula is C17H26N2O. The zero-order valence-corrected chi connectivity index (χ0v) is 13.1. The van der Waals surface area contributed by atoms with Gasteiger partial charge in [-0.15, -0.1) is 0 Å². The summed E-state index contributed by atoms with van der Waals surface area (Å²) in [5, 5.41) is 3.60. The molecule has 0 spiro atoms. The van der Waals surface area contributed by atoms with Crippen LogP contribution in [0.25, 0.3) is 0 Å². The predicted octanol–water partition coefficient (Wildman–Crippen LogP) is 3.31. The maximum atomic E-state index is 11.7. The van der Waals surface area contributed by atoms with Gasteiger partial charge in [0.05, 0.1) is 6.42 Å². The number of carbonyl (C=O) groups is 1. The Bertz CT molecular complexity index is 462. The van der Waals surface area contributed by atoms with Crippen molar-refractivity contribution >= 4 is 11.6 Å². The Morgan fingerprint density at radius 1 is 1.30 bits per heavy atom. The Hall–Kier alpha value is -1.51. The van der Waals surface area contributed by atoms with Gasteiger partial charge in [0, 0.05) is 25.8 Å². The predicted molar refractivity (Wildman–Crippen MR) is 83.9 cm³/mol. The molecule has 3 nitrogen and oxygen atoms in total. The number of carbonyl (C=O) groups excluding carboxylic acids is 1. The van der Waals surface area contributed by atoms with Crippen molar-refractivity contribution in [2.45, 2.75) is 45.6 Å². The van der Waals surface area contributed by atoms with Crippen molar-refractivity contribution in [1.82, 2.24) is 4.90 Å². The fraction of sp³-hybridized carbons (Fsp3) is 0.588. The lowest BCUT2D eigenvalue weighted by molar-refractivity contribution is -0.127. The van der Waals surface area contributed by atoms with Gasteiger partial charge in [-0.05, 0) is 42.4 Å². The van der Waals surface area contributed by atoms with Gasteiger partial charge in [0.2, 0.25) is 5.91 Å². The van der Waals surface area contributed by atoms with E-state index in [4.69, 9.17) is 0 Å². The van der Waals surface area contributed by atoms with Crippen LogP contribution >= 0.6 is 0 Å². The fourth-order valence-corrected chi connectivity index (χ4v) is 2.85. The number of likely N-dealkylation sites (N-methyl/N-ethyl adjacent to an activating group) is 1. The standard InChI is InChI=1S/C17H26N2O/c1-17(2)10-9-15(12-17)18-14-7-5-13(6-8-14)11-16(20)19(3)4/h5-8,15,18H,9-12H2,1-4H3. The molecule has 1 amide bonds. The zero-order valence-electron chi connectivity index (χ0n) is 13.1. The molecule has 1 saturated carbocycles. The van der Waals surface area contributed by atoms with Gasteiger partial charge in [-0.25, -0.2) is 0 Å². The van der Waals surface area contributed by atoms with E-state index in [9.17, 15) is 4.79 Å². The summed E-state index contributed by atoms with van der Waals surface area (Å²) in [6, 6.07) is 8.85. The highest BCUT2D eigenvalue weighted by molar-refractivity contribution is 5.78. The molecule has 1 aromatic rings. The number of amides is 1. The molecule has 1 atom stereocenters. The van der Waals surface area contributed by atoms with Crippen molar-refractivity contribution in [3.63, 3.8) is 0 Å². The van der Waals surface area contributed by atoms with E-state index >= 15 is 0 Å². The minimum Gasteiger partial charge on any atom is -0.382 e. The van der Waals surface area contributed by atoms with Crippen LogP contribution < -0.4 is 5.32 Å². The van der Waals surface area contributed by atoms with E-state index in [0.29, 0.717) is 17.9 Å². The topological polar surface area (TPSA) is 32.3 Å². The average Bonchev–Trinajstić information content (AvgIpc) is 2.71. The molecule has 1 fully saturated rings. The number of nitrogens with zero attached hydrogens (tertiary/aromatic N) is 1. The number of hydrogen-bond acceptors (Lipinski definition) is 2. The molecular weight excluding hydrogens is 248 g/mol. The van der Waals surface area contributed by atoms with E-state index < -0.39 is 0 Å². The normalized spacial score (nSPS) is 20.7. The molecule has 0 heterocycles. The lowest BCUT2D eigenvalue weighted by Gasteiger charge is -2.18. The Balaban J connectivity index is 1.90. The summed E-state index contributed by atoms with van der Waals surface area (Å²) in [6.07, 6.45) is 4.24. The number of nitrogens with one attached hydrogen (secondary N) is 1. The van der Waals surface area contributed by atoms with Crippen LogP contribution in [0.3, 0.4) is 0 Å². The van der Waals surface area contributed by atoms with E-state index in [-0.39, 0.29) is 5.91 Å². The Morgan fingerprint density at radius 3 is 2.45 bits per heavy atom. The van der Waals surface area contributed by atoms with Gasteiger partial charge < -0.3 is 10.2 Å². The molecule has 0 radical (unpaired) electrons. The van der Waals surface area contributed by atoms with Crippen LogP contribution in [-0.4, -0.2) is 30.9 Å². The van der Waals surface area contributed by atoms with Crippen LogP contribution in [0, 0.1) is 5.41 Å². The molecule has 2 rings (SSSR count). The first-order valence-corrected chi connectivity index (χ1v) is 7.41. The molecule has 3 heteroatoms. The maximum absolute atomic E-state index is 11.7. The molecule has 1 N–H and O–H groups in total. The third kappa shape index (κ3) is 3.99. The molecule has 0 aliphatic heterocycles. The van der Waals surface area contributed by atoms with Gasteiger partial charge in [0.15, 0.2) is 0 Å². The summed E-state index contributed by atoms with van der Waals surface area (Å²) in [7, 11) is 3.58. The summed E-state index contributed by atoms with van der Waals surface area (Å²) in [6.45, 7) is 4.68. The SMILES string of the molecule is CN(C)C(=O)Cc1ccc(NC2CCC(C)(C)C2)cc1.